The molecule has 0 saturated carbocycles. The smallest absolute Gasteiger partial charge is 0.312 e. The van der Waals surface area contributed by atoms with Gasteiger partial charge in [-0.25, -0.2) is 4.79 Å². The zero-order valence-corrected chi connectivity index (χ0v) is 10.1. The SMILES string of the molecule is NC(=O)NCCNC(=O)C(N)Cc1ccccc1. The van der Waals surface area contributed by atoms with Gasteiger partial charge in [-0.2, -0.15) is 0 Å². The molecule has 18 heavy (non-hydrogen) atoms. The first-order chi connectivity index (χ1) is 8.59. The maximum Gasteiger partial charge on any atom is 0.312 e. The van der Waals surface area contributed by atoms with E-state index in [0.29, 0.717) is 19.5 Å². The number of amides is 3. The van der Waals surface area contributed by atoms with E-state index >= 15 is 0 Å². The highest BCUT2D eigenvalue weighted by Gasteiger charge is 2.12. The van der Waals surface area contributed by atoms with Crippen molar-refractivity contribution in [2.75, 3.05) is 13.1 Å². The first kappa shape index (κ1) is 14.0. The third kappa shape index (κ3) is 5.31. The van der Waals surface area contributed by atoms with Gasteiger partial charge in [-0.05, 0) is 12.0 Å². The summed E-state index contributed by atoms with van der Waals surface area (Å²) in [6.45, 7) is 0.601. The number of primary amides is 1. The van der Waals surface area contributed by atoms with Crippen LogP contribution in [0.1, 0.15) is 5.56 Å². The number of rotatable bonds is 6. The summed E-state index contributed by atoms with van der Waals surface area (Å²) in [7, 11) is 0. The minimum absolute atomic E-state index is 0.245. The highest BCUT2D eigenvalue weighted by Crippen LogP contribution is 2.01. The predicted molar refractivity (Wildman–Crippen MR) is 68.7 cm³/mol. The summed E-state index contributed by atoms with van der Waals surface area (Å²) >= 11 is 0. The van der Waals surface area contributed by atoms with Crippen molar-refractivity contribution < 1.29 is 9.59 Å². The Kier molecular flexibility index (Phi) is 5.66. The number of carbonyl (C=O) groups excluding carboxylic acids is 2. The molecular weight excluding hydrogens is 232 g/mol. The summed E-state index contributed by atoms with van der Waals surface area (Å²) in [5.74, 6) is -0.245. The Morgan fingerprint density at radius 2 is 1.72 bits per heavy atom. The average molecular weight is 250 g/mol. The van der Waals surface area contributed by atoms with Gasteiger partial charge in [0.2, 0.25) is 5.91 Å². The van der Waals surface area contributed by atoms with Gasteiger partial charge in [0.25, 0.3) is 0 Å². The number of benzene rings is 1. The van der Waals surface area contributed by atoms with Gasteiger partial charge < -0.3 is 22.1 Å². The largest absolute Gasteiger partial charge is 0.353 e. The lowest BCUT2D eigenvalue weighted by Crippen LogP contribution is -2.45. The Morgan fingerprint density at radius 3 is 2.33 bits per heavy atom. The molecule has 0 heterocycles. The number of nitrogens with one attached hydrogen (secondary N) is 2. The first-order valence-corrected chi connectivity index (χ1v) is 5.70. The molecule has 0 aromatic heterocycles. The van der Waals surface area contributed by atoms with Gasteiger partial charge in [-0.1, -0.05) is 30.3 Å². The molecule has 3 amide bonds. The van der Waals surface area contributed by atoms with Gasteiger partial charge in [0.05, 0.1) is 6.04 Å². The third-order valence-corrected chi connectivity index (χ3v) is 2.36. The fourth-order valence-corrected chi connectivity index (χ4v) is 1.46. The Hall–Kier alpha value is -2.08. The Balaban J connectivity index is 2.27. The fraction of sp³-hybridized carbons (Fsp3) is 0.333. The number of carbonyl (C=O) groups is 2. The fourth-order valence-electron chi connectivity index (χ4n) is 1.46. The van der Waals surface area contributed by atoms with Crippen molar-refractivity contribution in [3.63, 3.8) is 0 Å². The summed E-state index contributed by atoms with van der Waals surface area (Å²) in [6.07, 6.45) is 0.482. The van der Waals surface area contributed by atoms with Crippen LogP contribution in [0.5, 0.6) is 0 Å². The lowest BCUT2D eigenvalue weighted by atomic mass is 10.1. The van der Waals surface area contributed by atoms with E-state index in [9.17, 15) is 9.59 Å². The van der Waals surface area contributed by atoms with Crippen molar-refractivity contribution in [1.29, 1.82) is 0 Å². The van der Waals surface area contributed by atoms with Crippen molar-refractivity contribution >= 4 is 11.9 Å². The molecule has 0 aliphatic rings. The molecule has 6 N–H and O–H groups in total. The van der Waals surface area contributed by atoms with Crippen LogP contribution >= 0.6 is 0 Å². The molecule has 0 aliphatic heterocycles. The predicted octanol–water partition coefficient (Wildman–Crippen LogP) is -0.659. The van der Waals surface area contributed by atoms with Crippen molar-refractivity contribution in [2.45, 2.75) is 12.5 Å². The molecular formula is C12H18N4O2. The van der Waals surface area contributed by atoms with E-state index in [-0.39, 0.29) is 5.91 Å². The summed E-state index contributed by atoms with van der Waals surface area (Å²) in [6, 6.07) is 8.33. The molecule has 1 atom stereocenters. The van der Waals surface area contributed by atoms with E-state index in [1.165, 1.54) is 0 Å². The van der Waals surface area contributed by atoms with Crippen LogP contribution in [-0.2, 0) is 11.2 Å². The number of hydrogen-bond donors (Lipinski definition) is 4. The number of hydrogen-bond acceptors (Lipinski definition) is 3. The second kappa shape index (κ2) is 7.29. The lowest BCUT2D eigenvalue weighted by molar-refractivity contribution is -0.122. The van der Waals surface area contributed by atoms with Gasteiger partial charge in [0, 0.05) is 13.1 Å². The van der Waals surface area contributed by atoms with Crippen molar-refractivity contribution in [1.82, 2.24) is 10.6 Å². The molecule has 1 unspecified atom stereocenters. The van der Waals surface area contributed by atoms with Gasteiger partial charge in [0.1, 0.15) is 0 Å². The summed E-state index contributed by atoms with van der Waals surface area (Å²) in [4.78, 5) is 22.0. The van der Waals surface area contributed by atoms with Crippen LogP contribution in [-0.4, -0.2) is 31.1 Å². The summed E-state index contributed by atoms with van der Waals surface area (Å²) in [5, 5.41) is 5.00. The second-order valence-corrected chi connectivity index (χ2v) is 3.88. The number of nitrogens with two attached hydrogens (primary N) is 2. The van der Waals surface area contributed by atoms with Gasteiger partial charge in [0.15, 0.2) is 0 Å². The average Bonchev–Trinajstić information content (AvgIpc) is 2.35. The summed E-state index contributed by atoms with van der Waals surface area (Å²) < 4.78 is 0. The van der Waals surface area contributed by atoms with Crippen LogP contribution in [0.15, 0.2) is 30.3 Å². The molecule has 0 aliphatic carbocycles. The van der Waals surface area contributed by atoms with Crippen LogP contribution in [0.3, 0.4) is 0 Å². The molecule has 6 nitrogen and oxygen atoms in total. The Bertz CT molecular complexity index is 394. The quantitative estimate of drug-likeness (QED) is 0.503. The highest BCUT2D eigenvalue weighted by atomic mass is 16.2. The van der Waals surface area contributed by atoms with Crippen molar-refractivity contribution in [3.05, 3.63) is 35.9 Å². The number of urea groups is 1. The van der Waals surface area contributed by atoms with E-state index in [4.69, 9.17) is 11.5 Å². The maximum atomic E-state index is 11.6. The van der Waals surface area contributed by atoms with Crippen LogP contribution in [0.2, 0.25) is 0 Å². The Labute approximate surface area is 106 Å². The third-order valence-electron chi connectivity index (χ3n) is 2.36. The van der Waals surface area contributed by atoms with E-state index in [1.807, 2.05) is 30.3 Å². The molecule has 0 spiro atoms. The normalized spacial score (nSPS) is 11.6. The molecule has 1 aromatic rings. The van der Waals surface area contributed by atoms with Gasteiger partial charge in [-0.3, -0.25) is 4.79 Å². The molecule has 1 aromatic carbocycles. The van der Waals surface area contributed by atoms with E-state index in [2.05, 4.69) is 10.6 Å². The molecule has 0 fully saturated rings. The van der Waals surface area contributed by atoms with Crippen molar-refractivity contribution in [3.8, 4) is 0 Å². The van der Waals surface area contributed by atoms with Crippen LogP contribution in [0.4, 0.5) is 4.79 Å². The zero-order chi connectivity index (χ0) is 13.4. The highest BCUT2D eigenvalue weighted by molar-refractivity contribution is 5.81. The zero-order valence-electron chi connectivity index (χ0n) is 10.1. The van der Waals surface area contributed by atoms with E-state index in [0.717, 1.165) is 5.56 Å². The van der Waals surface area contributed by atoms with Crippen LogP contribution < -0.4 is 22.1 Å². The molecule has 0 bridgehead atoms. The topological polar surface area (TPSA) is 110 Å². The molecule has 0 radical (unpaired) electrons. The standard InChI is InChI=1S/C12H18N4O2/c13-10(8-9-4-2-1-3-5-9)11(17)15-6-7-16-12(14)18/h1-5,10H,6-8,13H2,(H,15,17)(H3,14,16,18). The molecule has 98 valence electrons. The first-order valence-electron chi connectivity index (χ1n) is 5.70. The molecule has 6 heteroatoms. The minimum atomic E-state index is -0.613. The molecule has 1 rings (SSSR count). The summed E-state index contributed by atoms with van der Waals surface area (Å²) in [5.41, 5.74) is 11.7. The van der Waals surface area contributed by atoms with E-state index in [1.54, 1.807) is 0 Å². The van der Waals surface area contributed by atoms with Gasteiger partial charge >= 0.3 is 6.03 Å². The maximum absolute atomic E-state index is 11.6. The Morgan fingerprint density at radius 1 is 1.11 bits per heavy atom. The van der Waals surface area contributed by atoms with Crippen LogP contribution in [0.25, 0.3) is 0 Å². The minimum Gasteiger partial charge on any atom is -0.353 e. The second-order valence-electron chi connectivity index (χ2n) is 3.88. The molecule has 0 saturated heterocycles. The van der Waals surface area contributed by atoms with E-state index < -0.39 is 12.1 Å². The lowest BCUT2D eigenvalue weighted by Gasteiger charge is -2.12. The van der Waals surface area contributed by atoms with Gasteiger partial charge in [-0.15, -0.1) is 0 Å². The van der Waals surface area contributed by atoms with Crippen molar-refractivity contribution in [2.24, 2.45) is 11.5 Å². The monoisotopic (exact) mass is 250 g/mol. The van der Waals surface area contributed by atoms with Crippen LogP contribution in [0, 0.1) is 0 Å².